The van der Waals surface area contributed by atoms with Crippen molar-refractivity contribution in [3.05, 3.63) is 30.1 Å². The number of hydrogen-bond acceptors (Lipinski definition) is 4. The highest BCUT2D eigenvalue weighted by Crippen LogP contribution is 2.25. The lowest BCUT2D eigenvalue weighted by atomic mass is 10.1. The van der Waals surface area contributed by atoms with Gasteiger partial charge in [0.2, 0.25) is 0 Å². The van der Waals surface area contributed by atoms with E-state index in [2.05, 4.69) is 18.7 Å². The quantitative estimate of drug-likeness (QED) is 0.809. The number of aromatic nitrogens is 2. The first-order valence-corrected chi connectivity index (χ1v) is 7.30. The van der Waals surface area contributed by atoms with Crippen molar-refractivity contribution in [3.63, 3.8) is 0 Å². The number of rotatable bonds is 7. The van der Waals surface area contributed by atoms with E-state index in [1.54, 1.807) is 0 Å². The van der Waals surface area contributed by atoms with Crippen LogP contribution in [0.5, 0.6) is 0 Å². The van der Waals surface area contributed by atoms with Gasteiger partial charge in [-0.25, -0.2) is 4.98 Å². The van der Waals surface area contributed by atoms with Gasteiger partial charge in [-0.3, -0.25) is 0 Å². The summed E-state index contributed by atoms with van der Waals surface area (Å²) in [5.74, 6) is 0.904. The Morgan fingerprint density at radius 2 is 2.10 bits per heavy atom. The summed E-state index contributed by atoms with van der Waals surface area (Å²) in [5, 5.41) is 9.37. The van der Waals surface area contributed by atoms with Gasteiger partial charge in [-0.05, 0) is 25.0 Å². The minimum absolute atomic E-state index is 0.119. The number of imidazole rings is 1. The molecule has 0 aliphatic rings. The molecule has 20 heavy (non-hydrogen) atoms. The highest BCUT2D eigenvalue weighted by atomic mass is 16.3. The third-order valence-corrected chi connectivity index (χ3v) is 3.80. The van der Waals surface area contributed by atoms with Crippen LogP contribution in [0.25, 0.3) is 5.65 Å². The van der Waals surface area contributed by atoms with Gasteiger partial charge >= 0.3 is 0 Å². The molecule has 0 amide bonds. The number of aliphatic hydroxyl groups excluding tert-OH is 1. The number of anilines is 1. The van der Waals surface area contributed by atoms with Gasteiger partial charge in [-0.2, -0.15) is 0 Å². The molecule has 0 unspecified atom stereocenters. The zero-order valence-electron chi connectivity index (χ0n) is 12.3. The molecule has 2 aromatic rings. The molecule has 3 N–H and O–H groups in total. The van der Waals surface area contributed by atoms with Crippen molar-refractivity contribution in [2.45, 2.75) is 39.3 Å². The average molecular weight is 276 g/mol. The molecule has 0 aliphatic carbocycles. The third kappa shape index (κ3) is 2.64. The molecule has 110 valence electrons. The second-order valence-electron chi connectivity index (χ2n) is 4.90. The molecular weight excluding hydrogens is 252 g/mol. The summed E-state index contributed by atoms with van der Waals surface area (Å²) >= 11 is 0. The molecule has 0 fully saturated rings. The van der Waals surface area contributed by atoms with Crippen LogP contribution < -0.4 is 10.6 Å². The summed E-state index contributed by atoms with van der Waals surface area (Å²) in [5.41, 5.74) is 7.83. The van der Waals surface area contributed by atoms with E-state index >= 15 is 0 Å². The summed E-state index contributed by atoms with van der Waals surface area (Å²) in [7, 11) is 0. The molecule has 2 aromatic heterocycles. The van der Waals surface area contributed by atoms with E-state index in [1.165, 1.54) is 0 Å². The van der Waals surface area contributed by atoms with Crippen molar-refractivity contribution in [3.8, 4) is 0 Å². The number of nitrogens with zero attached hydrogens (tertiary/aromatic N) is 3. The van der Waals surface area contributed by atoms with Gasteiger partial charge in [-0.1, -0.05) is 19.9 Å². The van der Waals surface area contributed by atoms with Crippen LogP contribution in [0.3, 0.4) is 0 Å². The molecule has 0 radical (unpaired) electrons. The summed E-state index contributed by atoms with van der Waals surface area (Å²) in [6.07, 6.45) is 4.03. The lowest BCUT2D eigenvalue weighted by molar-refractivity contribution is 0.295. The molecule has 2 heterocycles. The third-order valence-electron chi connectivity index (χ3n) is 3.80. The van der Waals surface area contributed by atoms with Crippen LogP contribution in [0.4, 0.5) is 5.82 Å². The fourth-order valence-electron chi connectivity index (χ4n) is 2.75. The maximum Gasteiger partial charge on any atom is 0.152 e. The van der Waals surface area contributed by atoms with Crippen LogP contribution >= 0.6 is 0 Å². The Morgan fingerprint density at radius 3 is 2.70 bits per heavy atom. The number of nitrogens with two attached hydrogens (primary N) is 1. The molecule has 0 spiro atoms. The van der Waals surface area contributed by atoms with E-state index in [1.807, 2.05) is 28.8 Å². The molecular formula is C15H24N4O. The summed E-state index contributed by atoms with van der Waals surface area (Å²) in [6.45, 7) is 5.47. The minimum Gasteiger partial charge on any atom is -0.395 e. The van der Waals surface area contributed by atoms with Crippen molar-refractivity contribution in [2.24, 2.45) is 5.73 Å². The first kappa shape index (κ1) is 14.8. The number of pyridine rings is 1. The Hall–Kier alpha value is -1.59. The van der Waals surface area contributed by atoms with Gasteiger partial charge in [0.05, 0.1) is 12.3 Å². The zero-order chi connectivity index (χ0) is 14.5. The van der Waals surface area contributed by atoms with Gasteiger partial charge in [0.15, 0.2) is 5.82 Å². The Labute approximate surface area is 120 Å². The molecule has 2 rings (SSSR count). The lowest BCUT2D eigenvalue weighted by Crippen LogP contribution is -2.38. The predicted octanol–water partition coefficient (Wildman–Crippen LogP) is 1.78. The van der Waals surface area contributed by atoms with Crippen LogP contribution in [0.15, 0.2) is 24.4 Å². The smallest absolute Gasteiger partial charge is 0.152 e. The van der Waals surface area contributed by atoms with Crippen molar-refractivity contribution >= 4 is 11.5 Å². The fraction of sp³-hybridized carbons (Fsp3) is 0.533. The summed E-state index contributed by atoms with van der Waals surface area (Å²) in [4.78, 5) is 6.91. The van der Waals surface area contributed by atoms with E-state index < -0.39 is 0 Å². The Kier molecular flexibility index (Phi) is 4.98. The first-order valence-electron chi connectivity index (χ1n) is 7.30. The van der Waals surface area contributed by atoms with Gasteiger partial charge in [0, 0.05) is 25.3 Å². The second kappa shape index (κ2) is 6.72. The first-order chi connectivity index (χ1) is 9.76. The highest BCUT2D eigenvalue weighted by Gasteiger charge is 2.22. The molecule has 0 aromatic carbocycles. The topological polar surface area (TPSA) is 66.8 Å². The van der Waals surface area contributed by atoms with Crippen molar-refractivity contribution in [2.75, 3.05) is 18.1 Å². The van der Waals surface area contributed by atoms with E-state index in [0.29, 0.717) is 19.1 Å². The van der Waals surface area contributed by atoms with Crippen molar-refractivity contribution < 1.29 is 5.11 Å². The number of fused-ring (bicyclic) bond motifs is 1. The van der Waals surface area contributed by atoms with Gasteiger partial charge in [-0.15, -0.1) is 0 Å². The van der Waals surface area contributed by atoms with E-state index in [0.717, 1.165) is 30.0 Å². The van der Waals surface area contributed by atoms with Crippen LogP contribution in [-0.4, -0.2) is 33.7 Å². The Bertz CT molecular complexity index is 548. The van der Waals surface area contributed by atoms with Crippen LogP contribution in [0.1, 0.15) is 32.4 Å². The fourth-order valence-corrected chi connectivity index (χ4v) is 2.75. The lowest BCUT2D eigenvalue weighted by Gasteiger charge is -2.31. The van der Waals surface area contributed by atoms with Crippen molar-refractivity contribution in [1.29, 1.82) is 0 Å². The Balaban J connectivity index is 2.51. The molecule has 0 bridgehead atoms. The van der Waals surface area contributed by atoms with Gasteiger partial charge in [0.1, 0.15) is 5.65 Å². The monoisotopic (exact) mass is 276 g/mol. The van der Waals surface area contributed by atoms with E-state index in [4.69, 9.17) is 10.7 Å². The summed E-state index contributed by atoms with van der Waals surface area (Å²) < 4.78 is 2.03. The minimum atomic E-state index is 0.119. The molecule has 5 heteroatoms. The standard InChI is InChI=1S/C15H24N4O/c1-3-12(4-2)18(9-10-20)15-13(11-16)19-8-6-5-7-14(19)17-15/h5-8,12,20H,3-4,9-11,16H2,1-2H3. The van der Waals surface area contributed by atoms with E-state index in [9.17, 15) is 5.11 Å². The highest BCUT2D eigenvalue weighted by molar-refractivity contribution is 5.56. The van der Waals surface area contributed by atoms with Crippen LogP contribution in [0.2, 0.25) is 0 Å². The normalized spacial score (nSPS) is 11.4. The maximum atomic E-state index is 9.37. The van der Waals surface area contributed by atoms with Crippen molar-refractivity contribution in [1.82, 2.24) is 9.38 Å². The SMILES string of the molecule is CCC(CC)N(CCO)c1nc2ccccn2c1CN. The molecule has 0 aliphatic heterocycles. The second-order valence-corrected chi connectivity index (χ2v) is 4.90. The number of aliphatic hydroxyl groups is 1. The maximum absolute atomic E-state index is 9.37. The van der Waals surface area contributed by atoms with Gasteiger partial charge in [0.25, 0.3) is 0 Å². The molecule has 5 nitrogen and oxygen atoms in total. The van der Waals surface area contributed by atoms with Crippen LogP contribution in [-0.2, 0) is 6.54 Å². The van der Waals surface area contributed by atoms with Gasteiger partial charge < -0.3 is 20.1 Å². The average Bonchev–Trinajstić information content (AvgIpc) is 2.85. The largest absolute Gasteiger partial charge is 0.395 e. The Morgan fingerprint density at radius 1 is 1.35 bits per heavy atom. The summed E-state index contributed by atoms with van der Waals surface area (Å²) in [6, 6.07) is 6.30. The van der Waals surface area contributed by atoms with E-state index in [-0.39, 0.29) is 6.61 Å². The zero-order valence-corrected chi connectivity index (χ0v) is 12.3. The predicted molar refractivity (Wildman–Crippen MR) is 81.9 cm³/mol. The molecule has 0 saturated carbocycles. The molecule has 0 atom stereocenters. The number of hydrogen-bond donors (Lipinski definition) is 2. The van der Waals surface area contributed by atoms with Crippen LogP contribution in [0, 0.1) is 0 Å². The molecule has 0 saturated heterocycles.